The van der Waals surface area contributed by atoms with Crippen molar-refractivity contribution in [1.29, 1.82) is 0 Å². The van der Waals surface area contributed by atoms with Crippen molar-refractivity contribution in [3.63, 3.8) is 0 Å². The Morgan fingerprint density at radius 3 is 2.00 bits per heavy atom. The Hall–Kier alpha value is 0.0400. The Morgan fingerprint density at radius 2 is 2.00 bits per heavy atom. The van der Waals surface area contributed by atoms with Crippen molar-refractivity contribution in [2.45, 2.75) is 13.8 Å². The van der Waals surface area contributed by atoms with Gasteiger partial charge in [0.2, 0.25) is 0 Å². The second-order valence-electron chi connectivity index (χ2n) is 1.88. The summed E-state index contributed by atoms with van der Waals surface area (Å²) in [5.41, 5.74) is 0. The van der Waals surface area contributed by atoms with Crippen molar-refractivity contribution < 1.29 is 13.5 Å². The highest BCUT2D eigenvalue weighted by Crippen LogP contribution is 1.91. The minimum absolute atomic E-state index is 0. The molecule has 0 aromatic carbocycles. The molecule has 0 saturated heterocycles. The van der Waals surface area contributed by atoms with E-state index in [0.29, 0.717) is 11.7 Å². The van der Waals surface area contributed by atoms with Gasteiger partial charge in [0, 0.05) is 0 Å². The molecule has 0 saturated carbocycles. The molecular weight excluding hydrogens is 131 g/mol. The summed E-state index contributed by atoms with van der Waals surface area (Å²) in [6.07, 6.45) is 0. The summed E-state index contributed by atoms with van der Waals surface area (Å²) in [4.78, 5) is 0. The molecule has 0 spiro atoms. The molecule has 4 heteroatoms. The van der Waals surface area contributed by atoms with Crippen molar-refractivity contribution in [2.24, 2.45) is 5.92 Å². The van der Waals surface area contributed by atoms with E-state index < -0.39 is 11.1 Å². The zero-order valence-electron chi connectivity index (χ0n) is 4.96. The molecule has 1 atom stereocenters. The zero-order valence-corrected chi connectivity index (χ0v) is 5.77. The molecule has 0 aliphatic heterocycles. The molecule has 0 aliphatic carbocycles. The van der Waals surface area contributed by atoms with Gasteiger partial charge in [0.05, 0.1) is 5.75 Å². The van der Waals surface area contributed by atoms with Crippen LogP contribution in [0.2, 0.25) is 0 Å². The third-order valence-electron chi connectivity index (χ3n) is 0.476. The highest BCUT2D eigenvalue weighted by Gasteiger charge is 1.95. The van der Waals surface area contributed by atoms with E-state index in [2.05, 4.69) is 0 Å². The molecule has 0 aromatic heterocycles. The van der Waals surface area contributed by atoms with Gasteiger partial charge in [0.25, 0.3) is 0 Å². The van der Waals surface area contributed by atoms with E-state index in [1.807, 2.05) is 13.8 Å². The van der Waals surface area contributed by atoms with E-state index in [1.54, 1.807) is 0 Å². The lowest BCUT2D eigenvalue weighted by Gasteiger charge is -1.95. The van der Waals surface area contributed by atoms with Crippen LogP contribution in [0.4, 0.5) is 4.70 Å². The maximum Gasteiger partial charge on any atom is 0.153 e. The first kappa shape index (κ1) is 10.9. The second-order valence-corrected chi connectivity index (χ2v) is 2.86. The molecule has 0 bridgehead atoms. The summed E-state index contributed by atoms with van der Waals surface area (Å²) >= 11 is -1.60. The highest BCUT2D eigenvalue weighted by molar-refractivity contribution is 7.79. The number of hydrogen-bond donors (Lipinski definition) is 1. The third-order valence-corrected chi connectivity index (χ3v) is 1.43. The topological polar surface area (TPSA) is 37.3 Å². The first-order valence-electron chi connectivity index (χ1n) is 2.20. The number of rotatable bonds is 2. The molecule has 0 radical (unpaired) electrons. The third kappa shape index (κ3) is 9.40. The van der Waals surface area contributed by atoms with Gasteiger partial charge in [-0.15, -0.1) is 0 Å². The summed E-state index contributed by atoms with van der Waals surface area (Å²) < 4.78 is 18.1. The fourth-order valence-electron chi connectivity index (χ4n) is 0.285. The number of hydrogen-bond acceptors (Lipinski definition) is 1. The van der Waals surface area contributed by atoms with Crippen molar-refractivity contribution in [3.05, 3.63) is 0 Å². The molecule has 1 N–H and O–H groups in total. The van der Waals surface area contributed by atoms with Gasteiger partial charge in [-0.3, -0.25) is 4.70 Å². The molecule has 0 aliphatic rings. The average molecular weight is 142 g/mol. The van der Waals surface area contributed by atoms with Gasteiger partial charge in [-0.2, -0.15) is 0 Å². The van der Waals surface area contributed by atoms with Gasteiger partial charge in [0.15, 0.2) is 11.1 Å². The molecular formula is C4H11FO2S. The van der Waals surface area contributed by atoms with Crippen LogP contribution in [0.25, 0.3) is 0 Å². The molecule has 2 nitrogen and oxygen atoms in total. The van der Waals surface area contributed by atoms with Gasteiger partial charge in [-0.1, -0.05) is 13.8 Å². The molecule has 0 aromatic rings. The number of halogens is 1. The average Bonchev–Trinajstić information content (AvgIpc) is 1.27. The van der Waals surface area contributed by atoms with Crippen LogP contribution < -0.4 is 0 Å². The minimum atomic E-state index is -1.60. The van der Waals surface area contributed by atoms with Crippen LogP contribution in [0, 0.1) is 5.92 Å². The maximum absolute atomic E-state index is 9.92. The first-order chi connectivity index (χ1) is 3.13. The van der Waals surface area contributed by atoms with E-state index in [1.165, 1.54) is 0 Å². The monoisotopic (exact) mass is 142 g/mol. The summed E-state index contributed by atoms with van der Waals surface area (Å²) in [5, 5.41) is 0. The Kier molecular flexibility index (Phi) is 7.08. The lowest BCUT2D eigenvalue weighted by atomic mass is 10.3. The van der Waals surface area contributed by atoms with E-state index >= 15 is 0 Å². The van der Waals surface area contributed by atoms with Crippen LogP contribution in [0.15, 0.2) is 0 Å². The predicted octanol–water partition coefficient (Wildman–Crippen LogP) is 1.02. The van der Waals surface area contributed by atoms with Crippen molar-refractivity contribution in [3.8, 4) is 0 Å². The highest BCUT2D eigenvalue weighted by atomic mass is 32.2. The fraction of sp³-hybridized carbons (Fsp3) is 1.00. The van der Waals surface area contributed by atoms with E-state index in [9.17, 15) is 4.21 Å². The van der Waals surface area contributed by atoms with E-state index in [-0.39, 0.29) is 4.70 Å². The van der Waals surface area contributed by atoms with Crippen LogP contribution >= 0.6 is 0 Å². The minimum Gasteiger partial charge on any atom is -0.306 e. The molecule has 0 heterocycles. The lowest BCUT2D eigenvalue weighted by molar-refractivity contribution is 0.551. The van der Waals surface area contributed by atoms with Crippen molar-refractivity contribution in [2.75, 3.05) is 5.75 Å². The van der Waals surface area contributed by atoms with E-state index in [4.69, 9.17) is 4.55 Å². The largest absolute Gasteiger partial charge is 0.306 e. The summed E-state index contributed by atoms with van der Waals surface area (Å²) in [6.45, 7) is 3.82. The van der Waals surface area contributed by atoms with Gasteiger partial charge < -0.3 is 4.55 Å². The van der Waals surface area contributed by atoms with Crippen molar-refractivity contribution in [1.82, 2.24) is 0 Å². The summed E-state index contributed by atoms with van der Waals surface area (Å²) in [6, 6.07) is 0. The van der Waals surface area contributed by atoms with E-state index in [0.717, 1.165) is 0 Å². The SMILES string of the molecule is CC(C)CS(=O)O.F. The van der Waals surface area contributed by atoms with Gasteiger partial charge in [0.1, 0.15) is 0 Å². The van der Waals surface area contributed by atoms with Crippen molar-refractivity contribution >= 4 is 11.1 Å². The quantitative estimate of drug-likeness (QED) is 0.584. The van der Waals surface area contributed by atoms with Gasteiger partial charge in [-0.25, -0.2) is 4.21 Å². The molecule has 0 fully saturated rings. The normalized spacial score (nSPS) is 13.0. The molecule has 0 amide bonds. The maximum atomic E-state index is 9.92. The fourth-order valence-corrected chi connectivity index (χ4v) is 0.855. The molecule has 52 valence electrons. The summed E-state index contributed by atoms with van der Waals surface area (Å²) in [7, 11) is 0. The zero-order chi connectivity index (χ0) is 5.86. The van der Waals surface area contributed by atoms with Gasteiger partial charge >= 0.3 is 0 Å². The first-order valence-corrected chi connectivity index (χ1v) is 3.48. The van der Waals surface area contributed by atoms with Crippen LogP contribution in [-0.4, -0.2) is 14.5 Å². The Morgan fingerprint density at radius 1 is 1.62 bits per heavy atom. The molecule has 1 unspecified atom stereocenters. The summed E-state index contributed by atoms with van der Waals surface area (Å²) in [5.74, 6) is 0.714. The molecule has 0 rings (SSSR count). The molecule has 8 heavy (non-hydrogen) atoms. The smallest absolute Gasteiger partial charge is 0.153 e. The van der Waals surface area contributed by atoms with Crippen LogP contribution in [0.3, 0.4) is 0 Å². The van der Waals surface area contributed by atoms with Gasteiger partial charge in [-0.05, 0) is 5.92 Å². The predicted molar refractivity (Wildman–Crippen MR) is 33.0 cm³/mol. The second kappa shape index (κ2) is 5.18. The lowest BCUT2D eigenvalue weighted by Crippen LogP contribution is -2.01. The van der Waals surface area contributed by atoms with Crippen LogP contribution in [0.1, 0.15) is 13.8 Å². The standard InChI is InChI=1S/C4H10O2S.FH/c1-4(2)3-7(5)6;/h4H,3H2,1-2H3,(H,5,6);1H. The Labute approximate surface area is 50.9 Å². The Balaban J connectivity index is 0. The van der Waals surface area contributed by atoms with Crippen LogP contribution in [0.5, 0.6) is 0 Å². The Bertz CT molecular complexity index is 74.4. The van der Waals surface area contributed by atoms with Crippen LogP contribution in [-0.2, 0) is 11.1 Å².